The van der Waals surface area contributed by atoms with Crippen molar-refractivity contribution in [1.82, 2.24) is 0 Å². The number of hydrogen-bond acceptors (Lipinski definition) is 4. The van der Waals surface area contributed by atoms with Gasteiger partial charge in [0.15, 0.2) is 0 Å². The summed E-state index contributed by atoms with van der Waals surface area (Å²) in [6.07, 6.45) is 12.8. The van der Waals surface area contributed by atoms with Crippen LogP contribution in [0.15, 0.2) is 267 Å². The second-order valence-corrected chi connectivity index (χ2v) is 17.4. The second-order valence-electron chi connectivity index (χ2n) is 17.4. The molecule has 0 saturated carbocycles. The van der Waals surface area contributed by atoms with E-state index >= 15 is 0 Å². The van der Waals surface area contributed by atoms with Gasteiger partial charge in [-0.2, -0.15) is 0 Å². The van der Waals surface area contributed by atoms with Crippen LogP contribution in [0.2, 0.25) is 0 Å². The summed E-state index contributed by atoms with van der Waals surface area (Å²) in [4.78, 5) is 0. The minimum atomic E-state index is 1.06. The molecule has 346 valence electrons. The van der Waals surface area contributed by atoms with Crippen molar-refractivity contribution in [3.05, 3.63) is 300 Å². The summed E-state index contributed by atoms with van der Waals surface area (Å²) < 4.78 is 0. The van der Waals surface area contributed by atoms with Gasteiger partial charge in [-0.1, -0.05) is 231 Å². The van der Waals surface area contributed by atoms with Crippen molar-refractivity contribution in [3.63, 3.8) is 0 Å². The zero-order valence-corrected chi connectivity index (χ0v) is 39.9. The topological polar surface area (TPSA) is 48.1 Å². The monoisotopic (exact) mass is 926 g/mol. The molecule has 4 nitrogen and oxygen atoms in total. The summed E-state index contributed by atoms with van der Waals surface area (Å²) in [5, 5.41) is 19.1. The molecule has 11 aromatic carbocycles. The number of benzene rings is 11. The van der Waals surface area contributed by atoms with E-state index < -0.39 is 0 Å². The van der Waals surface area contributed by atoms with Gasteiger partial charge < -0.3 is 21.3 Å². The molecule has 4 N–H and O–H groups in total. The Hall–Kier alpha value is -9.64. The van der Waals surface area contributed by atoms with Crippen LogP contribution in [-0.4, -0.2) is 0 Å². The van der Waals surface area contributed by atoms with Crippen molar-refractivity contribution in [2.75, 3.05) is 21.3 Å². The largest absolute Gasteiger partial charge is 0.355 e. The van der Waals surface area contributed by atoms with Gasteiger partial charge in [-0.25, -0.2) is 0 Å². The first kappa shape index (κ1) is 46.1. The summed E-state index contributed by atoms with van der Waals surface area (Å²) in [5.41, 5.74) is 15.7. The first-order valence-electron chi connectivity index (χ1n) is 24.3. The molecule has 4 heteroatoms. The highest BCUT2D eigenvalue weighted by atomic mass is 14.9. The molecule has 0 saturated heterocycles. The van der Waals surface area contributed by atoms with Gasteiger partial charge in [-0.3, -0.25) is 0 Å². The smallest absolute Gasteiger partial charge is 0.0465 e. The molecule has 0 bridgehead atoms. The molecule has 0 unspecified atom stereocenters. The lowest BCUT2D eigenvalue weighted by Gasteiger charge is -2.15. The third kappa shape index (κ3) is 12.3. The Morgan fingerprint density at radius 3 is 0.611 bits per heavy atom. The van der Waals surface area contributed by atoms with E-state index in [9.17, 15) is 0 Å². The molecule has 0 spiro atoms. The van der Waals surface area contributed by atoms with E-state index in [0.717, 1.165) is 45.5 Å². The summed E-state index contributed by atoms with van der Waals surface area (Å²) in [5.74, 6) is 0. The van der Waals surface area contributed by atoms with Crippen molar-refractivity contribution in [2.24, 2.45) is 0 Å². The van der Waals surface area contributed by atoms with Crippen LogP contribution < -0.4 is 21.3 Å². The predicted molar refractivity (Wildman–Crippen MR) is 313 cm³/mol. The van der Waals surface area contributed by atoms with Gasteiger partial charge in [0.2, 0.25) is 0 Å². The number of fused-ring (bicyclic) bond motifs is 2. The maximum absolute atomic E-state index is 3.61. The van der Waals surface area contributed by atoms with Gasteiger partial charge in [0.05, 0.1) is 0 Å². The predicted octanol–water partition coefficient (Wildman–Crippen LogP) is 19.2. The minimum Gasteiger partial charge on any atom is -0.355 e. The van der Waals surface area contributed by atoms with Crippen molar-refractivity contribution < 1.29 is 0 Å². The van der Waals surface area contributed by atoms with Crippen LogP contribution in [0.5, 0.6) is 0 Å². The molecule has 0 atom stereocenters. The summed E-state index contributed by atoms with van der Waals surface area (Å²) in [7, 11) is 0. The second kappa shape index (κ2) is 23.1. The minimum absolute atomic E-state index is 1.06. The van der Waals surface area contributed by atoms with Crippen molar-refractivity contribution >= 4 is 104 Å². The lowest BCUT2D eigenvalue weighted by molar-refractivity contribution is 1.54. The highest BCUT2D eigenvalue weighted by Gasteiger charge is 2.09. The molecule has 0 heterocycles. The van der Waals surface area contributed by atoms with Crippen LogP contribution in [0.25, 0.3) is 58.0 Å². The normalized spacial score (nSPS) is 11.2. The molecule has 0 radical (unpaired) electrons. The van der Waals surface area contributed by atoms with E-state index in [2.05, 4.69) is 288 Å². The summed E-state index contributed by atoms with van der Waals surface area (Å²) >= 11 is 0. The van der Waals surface area contributed by atoms with E-state index in [1.165, 1.54) is 54.9 Å². The number of hydrogen-bond donors (Lipinski definition) is 4. The Bertz CT molecular complexity index is 3440. The molecule has 11 aromatic rings. The van der Waals surface area contributed by atoms with Gasteiger partial charge in [0, 0.05) is 67.0 Å². The van der Waals surface area contributed by atoms with Crippen LogP contribution >= 0.6 is 0 Å². The summed E-state index contributed by atoms with van der Waals surface area (Å²) in [6, 6.07) is 92.4. The standard InChI is InChI=1S/C38H30N2.C30H24N2/c1-3-9-29(10-4-1)15-17-31-19-23-33(24-20-31)39-37-27-28-38(36-14-8-7-13-35(36)37)40-34-25-21-32(22-26-34)18-16-30-11-5-2-6-12-30;1-3-9-23(10-4-1)15-16-24-17-19-26(20-18-24)32-30-22-21-29(27-13-7-8-14-28(27)30)31-25-11-5-2-6-12-25/h1-28,39-40H;1-22,31-32H/b17-15+,18-16+;16-15+. The molecule has 0 fully saturated rings. The van der Waals surface area contributed by atoms with Gasteiger partial charge >= 0.3 is 0 Å². The van der Waals surface area contributed by atoms with E-state index in [-0.39, 0.29) is 0 Å². The molecular weight excluding hydrogens is 873 g/mol. The molecule has 0 aromatic heterocycles. The molecule has 11 rings (SSSR count). The van der Waals surface area contributed by atoms with Crippen LogP contribution in [0.1, 0.15) is 33.4 Å². The van der Waals surface area contributed by atoms with Crippen molar-refractivity contribution in [1.29, 1.82) is 0 Å². The highest BCUT2D eigenvalue weighted by molar-refractivity contribution is 6.05. The maximum Gasteiger partial charge on any atom is 0.0465 e. The number of rotatable bonds is 14. The molecule has 0 amide bonds. The fourth-order valence-corrected chi connectivity index (χ4v) is 8.48. The molecule has 72 heavy (non-hydrogen) atoms. The van der Waals surface area contributed by atoms with Crippen molar-refractivity contribution in [3.8, 4) is 0 Å². The lowest BCUT2D eigenvalue weighted by atomic mass is 10.1. The zero-order valence-electron chi connectivity index (χ0n) is 39.9. The van der Waals surface area contributed by atoms with Crippen LogP contribution in [0.3, 0.4) is 0 Å². The Kier molecular flexibility index (Phi) is 14.8. The van der Waals surface area contributed by atoms with E-state index in [0.29, 0.717) is 0 Å². The van der Waals surface area contributed by atoms with Gasteiger partial charge in [-0.15, -0.1) is 0 Å². The molecular formula is C68H54N4. The van der Waals surface area contributed by atoms with Crippen LogP contribution in [0, 0.1) is 0 Å². The summed E-state index contributed by atoms with van der Waals surface area (Å²) in [6.45, 7) is 0. The molecule has 0 aliphatic heterocycles. The quantitative estimate of drug-likeness (QED) is 0.0821. The van der Waals surface area contributed by atoms with Crippen molar-refractivity contribution in [2.45, 2.75) is 0 Å². The van der Waals surface area contributed by atoms with E-state index in [4.69, 9.17) is 0 Å². The average molecular weight is 927 g/mol. The van der Waals surface area contributed by atoms with Gasteiger partial charge in [0.25, 0.3) is 0 Å². The van der Waals surface area contributed by atoms with Crippen LogP contribution in [0.4, 0.5) is 45.5 Å². The average Bonchev–Trinajstić information content (AvgIpc) is 3.45. The fraction of sp³-hybridized carbons (Fsp3) is 0. The number of anilines is 8. The van der Waals surface area contributed by atoms with E-state index in [1.54, 1.807) is 0 Å². The zero-order chi connectivity index (χ0) is 48.6. The number of para-hydroxylation sites is 1. The first-order chi connectivity index (χ1) is 35.6. The SMILES string of the molecule is C(=C\c1ccc(Nc2ccc(Nc3ccc(/C=C/c4ccccc4)cc3)c3ccccc23)cc1)/c1ccccc1.C(=C\c1ccc(Nc2ccc(Nc3ccccc3)c3ccccc23)cc1)/c1ccccc1. The molecule has 0 aliphatic carbocycles. The fourth-order valence-electron chi connectivity index (χ4n) is 8.48. The lowest BCUT2D eigenvalue weighted by Crippen LogP contribution is -1.95. The number of nitrogens with one attached hydrogen (secondary N) is 4. The Morgan fingerprint density at radius 2 is 0.361 bits per heavy atom. The Morgan fingerprint density at radius 1 is 0.167 bits per heavy atom. The maximum atomic E-state index is 3.61. The Balaban J connectivity index is 0.000000170. The molecule has 0 aliphatic rings. The van der Waals surface area contributed by atoms with Gasteiger partial charge in [0.1, 0.15) is 0 Å². The van der Waals surface area contributed by atoms with E-state index in [1.807, 2.05) is 36.4 Å². The third-order valence-electron chi connectivity index (χ3n) is 12.3. The highest BCUT2D eigenvalue weighted by Crippen LogP contribution is 2.35. The Labute approximate surface area is 423 Å². The van der Waals surface area contributed by atoms with Gasteiger partial charge in [-0.05, 0) is 106 Å². The third-order valence-corrected chi connectivity index (χ3v) is 12.3. The first-order valence-corrected chi connectivity index (χ1v) is 24.3. The van der Waals surface area contributed by atoms with Crippen LogP contribution in [-0.2, 0) is 0 Å².